The number of carboxylic acid groups (broad SMARTS) is 1. The molecule has 0 atom stereocenters. The Morgan fingerprint density at radius 2 is 1.80 bits per heavy atom. The lowest BCUT2D eigenvalue weighted by Crippen LogP contribution is -2.43. The van der Waals surface area contributed by atoms with Crippen LogP contribution in [0.1, 0.15) is 24.8 Å². The normalized spacial score (nSPS) is 16.2. The summed E-state index contributed by atoms with van der Waals surface area (Å²) in [5.74, 6) is -1.38. The van der Waals surface area contributed by atoms with E-state index in [0.29, 0.717) is 12.8 Å². The lowest BCUT2D eigenvalue weighted by atomic mass is 9.63. The van der Waals surface area contributed by atoms with Crippen molar-refractivity contribution < 1.29 is 28.5 Å². The molecule has 0 heterocycles. The van der Waals surface area contributed by atoms with Gasteiger partial charge < -0.3 is 19.3 Å². The Hall–Kier alpha value is -1.98. The van der Waals surface area contributed by atoms with Crippen molar-refractivity contribution in [1.82, 2.24) is 0 Å². The Morgan fingerprint density at radius 1 is 1.20 bits per heavy atom. The van der Waals surface area contributed by atoms with Crippen molar-refractivity contribution in [2.24, 2.45) is 0 Å². The molecule has 5 nitrogen and oxygen atoms in total. The van der Waals surface area contributed by atoms with Crippen LogP contribution >= 0.6 is 0 Å². The molecule has 1 aliphatic carbocycles. The highest BCUT2D eigenvalue weighted by Gasteiger charge is 2.51. The lowest BCUT2D eigenvalue weighted by molar-refractivity contribution is -0.147. The lowest BCUT2D eigenvalue weighted by Gasteiger charge is -2.39. The van der Waals surface area contributed by atoms with Crippen molar-refractivity contribution in [1.29, 1.82) is 0 Å². The van der Waals surface area contributed by atoms with E-state index in [1.54, 1.807) is 0 Å². The van der Waals surface area contributed by atoms with E-state index in [2.05, 4.69) is 0 Å². The van der Waals surface area contributed by atoms with E-state index in [0.717, 1.165) is 12.5 Å². The van der Waals surface area contributed by atoms with Gasteiger partial charge in [0.25, 0.3) is 0 Å². The molecule has 110 valence electrons. The third-order valence-electron chi connectivity index (χ3n) is 3.88. The second-order valence-corrected chi connectivity index (χ2v) is 4.74. The molecule has 6 heteroatoms. The number of aliphatic carboxylic acids is 1. The van der Waals surface area contributed by atoms with Gasteiger partial charge in [-0.2, -0.15) is 0 Å². The minimum Gasteiger partial charge on any atom is -0.493 e. The number of carbonyl (C=O) groups is 1. The summed E-state index contributed by atoms with van der Waals surface area (Å²) in [4.78, 5) is 11.7. The Kier molecular flexibility index (Phi) is 3.74. The summed E-state index contributed by atoms with van der Waals surface area (Å²) < 4.78 is 29.5. The average molecular weight is 284 g/mol. The molecule has 20 heavy (non-hydrogen) atoms. The van der Waals surface area contributed by atoms with Crippen molar-refractivity contribution >= 4 is 5.97 Å². The van der Waals surface area contributed by atoms with E-state index in [4.69, 9.17) is 14.2 Å². The number of rotatable bonds is 5. The Balaban J connectivity index is 2.77. The number of carboxylic acids is 1. The molecule has 0 radical (unpaired) electrons. The summed E-state index contributed by atoms with van der Waals surface area (Å²) in [5.41, 5.74) is -0.954. The number of hydrogen-bond donors (Lipinski definition) is 1. The summed E-state index contributed by atoms with van der Waals surface area (Å²) in [6, 6.07) is 1.13. The quantitative estimate of drug-likeness (QED) is 0.899. The van der Waals surface area contributed by atoms with E-state index in [1.165, 1.54) is 21.3 Å². The van der Waals surface area contributed by atoms with E-state index >= 15 is 0 Å². The molecular formula is C14H17FO5. The monoisotopic (exact) mass is 284 g/mol. The van der Waals surface area contributed by atoms with E-state index in [-0.39, 0.29) is 22.8 Å². The molecule has 1 fully saturated rings. The third kappa shape index (κ3) is 1.87. The van der Waals surface area contributed by atoms with Crippen LogP contribution in [0, 0.1) is 5.82 Å². The molecule has 0 unspecified atom stereocenters. The second kappa shape index (κ2) is 5.19. The van der Waals surface area contributed by atoms with Gasteiger partial charge in [0.1, 0.15) is 5.41 Å². The molecular weight excluding hydrogens is 267 g/mol. The summed E-state index contributed by atoms with van der Waals surface area (Å²) in [5, 5.41) is 9.56. The predicted octanol–water partition coefficient (Wildman–Crippen LogP) is 2.36. The van der Waals surface area contributed by atoms with E-state index < -0.39 is 17.2 Å². The highest BCUT2D eigenvalue weighted by molar-refractivity contribution is 5.86. The standard InChI is InChI=1S/C14H17FO5/c1-18-9-7-8(15)11(19-2)10(12(9)20-3)14(13(16)17)5-4-6-14/h7H,4-6H2,1-3H3,(H,16,17). The third-order valence-corrected chi connectivity index (χ3v) is 3.88. The zero-order valence-electron chi connectivity index (χ0n) is 11.7. The van der Waals surface area contributed by atoms with Gasteiger partial charge in [0.05, 0.1) is 26.9 Å². The summed E-state index contributed by atoms with van der Waals surface area (Å²) in [7, 11) is 4.08. The Bertz CT molecular complexity index is 537. The smallest absolute Gasteiger partial charge is 0.314 e. The Labute approximate surface area is 116 Å². The fourth-order valence-corrected chi connectivity index (χ4v) is 2.68. The summed E-state index contributed by atoms with van der Waals surface area (Å²) in [6.45, 7) is 0. The van der Waals surface area contributed by atoms with Crippen LogP contribution in [0.15, 0.2) is 6.07 Å². The molecule has 2 rings (SSSR count). The fraction of sp³-hybridized carbons (Fsp3) is 0.500. The largest absolute Gasteiger partial charge is 0.493 e. The zero-order valence-corrected chi connectivity index (χ0v) is 11.7. The summed E-state index contributed by atoms with van der Waals surface area (Å²) in [6.07, 6.45) is 1.60. The van der Waals surface area contributed by atoms with Gasteiger partial charge in [-0.15, -0.1) is 0 Å². The molecule has 1 aromatic carbocycles. The average Bonchev–Trinajstić information content (AvgIpc) is 2.36. The topological polar surface area (TPSA) is 65.0 Å². The number of ether oxygens (including phenoxy) is 3. The minimum atomic E-state index is -1.17. The molecule has 0 bridgehead atoms. The van der Waals surface area contributed by atoms with Crippen molar-refractivity contribution in [2.45, 2.75) is 24.7 Å². The molecule has 1 saturated carbocycles. The first-order chi connectivity index (χ1) is 9.51. The molecule has 0 amide bonds. The molecule has 1 aromatic rings. The van der Waals surface area contributed by atoms with Gasteiger partial charge in [0, 0.05) is 6.07 Å². The van der Waals surface area contributed by atoms with Crippen LogP contribution < -0.4 is 14.2 Å². The number of benzene rings is 1. The first-order valence-electron chi connectivity index (χ1n) is 6.24. The van der Waals surface area contributed by atoms with Gasteiger partial charge >= 0.3 is 5.97 Å². The highest BCUT2D eigenvalue weighted by Crippen LogP contribution is 2.54. The van der Waals surface area contributed by atoms with Crippen LogP contribution in [-0.4, -0.2) is 32.4 Å². The number of methoxy groups -OCH3 is 3. The van der Waals surface area contributed by atoms with Crippen LogP contribution in [0.3, 0.4) is 0 Å². The maximum atomic E-state index is 14.1. The van der Waals surface area contributed by atoms with Crippen LogP contribution in [0.5, 0.6) is 17.2 Å². The zero-order chi connectivity index (χ0) is 14.9. The van der Waals surface area contributed by atoms with Crippen LogP contribution in [-0.2, 0) is 10.2 Å². The molecule has 1 N–H and O–H groups in total. The maximum Gasteiger partial charge on any atom is 0.314 e. The molecule has 1 aliphatic rings. The van der Waals surface area contributed by atoms with E-state index in [1.807, 2.05) is 0 Å². The van der Waals surface area contributed by atoms with Gasteiger partial charge in [0.15, 0.2) is 23.1 Å². The van der Waals surface area contributed by atoms with Crippen LogP contribution in [0.2, 0.25) is 0 Å². The van der Waals surface area contributed by atoms with Gasteiger partial charge in [-0.3, -0.25) is 4.79 Å². The van der Waals surface area contributed by atoms with Crippen LogP contribution in [0.4, 0.5) is 4.39 Å². The highest BCUT2D eigenvalue weighted by atomic mass is 19.1. The predicted molar refractivity (Wildman–Crippen MR) is 69.2 cm³/mol. The van der Waals surface area contributed by atoms with Crippen molar-refractivity contribution in [3.05, 3.63) is 17.4 Å². The Morgan fingerprint density at radius 3 is 2.15 bits per heavy atom. The molecule has 0 aliphatic heterocycles. The fourth-order valence-electron chi connectivity index (χ4n) is 2.68. The second-order valence-electron chi connectivity index (χ2n) is 4.74. The summed E-state index contributed by atoms with van der Waals surface area (Å²) >= 11 is 0. The van der Waals surface area contributed by atoms with Gasteiger partial charge in [-0.05, 0) is 12.8 Å². The number of halogens is 1. The van der Waals surface area contributed by atoms with Gasteiger partial charge in [0.2, 0.25) is 0 Å². The van der Waals surface area contributed by atoms with Gasteiger partial charge in [-0.25, -0.2) is 4.39 Å². The molecule has 0 spiro atoms. The SMILES string of the molecule is COc1cc(F)c(OC)c(C2(C(=O)O)CCC2)c1OC. The minimum absolute atomic E-state index is 0.0928. The van der Waals surface area contributed by atoms with Crippen molar-refractivity contribution in [2.75, 3.05) is 21.3 Å². The maximum absolute atomic E-state index is 14.1. The van der Waals surface area contributed by atoms with Gasteiger partial charge in [-0.1, -0.05) is 6.42 Å². The first kappa shape index (κ1) is 14.4. The van der Waals surface area contributed by atoms with Crippen LogP contribution in [0.25, 0.3) is 0 Å². The number of hydrogen-bond acceptors (Lipinski definition) is 4. The first-order valence-corrected chi connectivity index (χ1v) is 6.24. The molecule has 0 aromatic heterocycles. The van der Waals surface area contributed by atoms with Crippen molar-refractivity contribution in [3.8, 4) is 17.2 Å². The molecule has 0 saturated heterocycles. The van der Waals surface area contributed by atoms with Crippen molar-refractivity contribution in [3.63, 3.8) is 0 Å². The van der Waals surface area contributed by atoms with E-state index in [9.17, 15) is 14.3 Å².